The monoisotopic (exact) mass is 377 g/mol. The van der Waals surface area contributed by atoms with Crippen LogP contribution in [0.4, 0.5) is 0 Å². The predicted octanol–water partition coefficient (Wildman–Crippen LogP) is 1.33. The lowest BCUT2D eigenvalue weighted by Gasteiger charge is -2.34. The third-order valence-corrected chi connectivity index (χ3v) is 5.28. The van der Waals surface area contributed by atoms with Gasteiger partial charge in [0.15, 0.2) is 5.69 Å². The van der Waals surface area contributed by atoms with Crippen LogP contribution >= 0.6 is 0 Å². The summed E-state index contributed by atoms with van der Waals surface area (Å²) in [5.74, 6) is -0.111. The Morgan fingerprint density at radius 2 is 1.68 bits per heavy atom. The number of aryl methyl sites for hydroxylation is 1. The molecule has 2 aromatic heterocycles. The Balaban J connectivity index is 1.44. The lowest BCUT2D eigenvalue weighted by atomic mass is 10.1. The molecule has 1 aliphatic rings. The van der Waals surface area contributed by atoms with E-state index in [1.807, 2.05) is 35.5 Å². The van der Waals surface area contributed by atoms with E-state index in [9.17, 15) is 9.59 Å². The summed E-state index contributed by atoms with van der Waals surface area (Å²) < 4.78 is 1.25. The summed E-state index contributed by atoms with van der Waals surface area (Å²) in [5, 5.41) is 5.41. The van der Waals surface area contributed by atoms with Crippen LogP contribution in [0.15, 0.2) is 53.6 Å². The van der Waals surface area contributed by atoms with Crippen LogP contribution in [0.25, 0.3) is 10.8 Å². The van der Waals surface area contributed by atoms with E-state index in [2.05, 4.69) is 15.0 Å². The lowest BCUT2D eigenvalue weighted by molar-refractivity contribution is 0.0632. The Kier molecular flexibility index (Phi) is 5.16. The normalized spacial score (nSPS) is 15.1. The number of aromatic nitrogens is 3. The fourth-order valence-electron chi connectivity index (χ4n) is 3.62. The van der Waals surface area contributed by atoms with Gasteiger partial charge in [-0.05, 0) is 30.2 Å². The van der Waals surface area contributed by atoms with Crippen LogP contribution < -0.4 is 5.56 Å². The molecule has 0 radical (unpaired) electrons. The Hall–Kier alpha value is -3.06. The molecule has 7 nitrogen and oxygen atoms in total. The van der Waals surface area contributed by atoms with Gasteiger partial charge in [0.25, 0.3) is 11.5 Å². The van der Waals surface area contributed by atoms with E-state index >= 15 is 0 Å². The van der Waals surface area contributed by atoms with Gasteiger partial charge < -0.3 is 4.90 Å². The second-order valence-corrected chi connectivity index (χ2v) is 7.06. The number of piperazine rings is 1. The maximum atomic E-state index is 13.1. The molecule has 1 saturated heterocycles. The van der Waals surface area contributed by atoms with E-state index in [0.29, 0.717) is 29.6 Å². The van der Waals surface area contributed by atoms with Gasteiger partial charge in [-0.2, -0.15) is 5.10 Å². The number of hydrogen-bond donors (Lipinski definition) is 0. The molecule has 4 rings (SSSR count). The number of amides is 1. The zero-order valence-electron chi connectivity index (χ0n) is 15.9. The van der Waals surface area contributed by atoms with Crippen molar-refractivity contribution in [3.05, 3.63) is 70.4 Å². The molecule has 1 aromatic carbocycles. The first kappa shape index (κ1) is 18.3. The van der Waals surface area contributed by atoms with Gasteiger partial charge in [0.05, 0.1) is 5.39 Å². The summed E-state index contributed by atoms with van der Waals surface area (Å²) in [5.41, 5.74) is 1.44. The van der Waals surface area contributed by atoms with E-state index in [4.69, 9.17) is 0 Å². The van der Waals surface area contributed by atoms with Crippen LogP contribution in [-0.2, 0) is 13.5 Å². The molecule has 0 saturated carbocycles. The van der Waals surface area contributed by atoms with Gasteiger partial charge in [0.1, 0.15) is 0 Å². The summed E-state index contributed by atoms with van der Waals surface area (Å²) in [7, 11) is 1.59. The van der Waals surface area contributed by atoms with Crippen LogP contribution in [0.2, 0.25) is 0 Å². The average molecular weight is 377 g/mol. The number of nitrogens with zero attached hydrogens (tertiary/aromatic N) is 5. The molecule has 0 spiro atoms. The summed E-state index contributed by atoms with van der Waals surface area (Å²) in [6.07, 6.45) is 4.61. The maximum absolute atomic E-state index is 13.1. The van der Waals surface area contributed by atoms with Crippen molar-refractivity contribution in [1.82, 2.24) is 24.6 Å². The average Bonchev–Trinajstić information content (AvgIpc) is 2.75. The van der Waals surface area contributed by atoms with Crippen molar-refractivity contribution in [3.63, 3.8) is 0 Å². The van der Waals surface area contributed by atoms with Crippen molar-refractivity contribution >= 4 is 16.7 Å². The molecule has 1 amide bonds. The maximum Gasteiger partial charge on any atom is 0.275 e. The third kappa shape index (κ3) is 3.66. The van der Waals surface area contributed by atoms with Crippen molar-refractivity contribution in [2.24, 2.45) is 7.05 Å². The fraction of sp³-hybridized carbons (Fsp3) is 0.333. The van der Waals surface area contributed by atoms with Gasteiger partial charge in [-0.25, -0.2) is 4.68 Å². The molecule has 1 fully saturated rings. The highest BCUT2D eigenvalue weighted by Gasteiger charge is 2.25. The second kappa shape index (κ2) is 7.90. The minimum Gasteiger partial charge on any atom is -0.335 e. The molecule has 0 atom stereocenters. The molecule has 3 heterocycles. The van der Waals surface area contributed by atoms with E-state index in [-0.39, 0.29) is 11.5 Å². The van der Waals surface area contributed by atoms with Gasteiger partial charge >= 0.3 is 0 Å². The zero-order valence-corrected chi connectivity index (χ0v) is 15.9. The van der Waals surface area contributed by atoms with Gasteiger partial charge in [-0.15, -0.1) is 0 Å². The fourth-order valence-corrected chi connectivity index (χ4v) is 3.62. The summed E-state index contributed by atoms with van der Waals surface area (Å²) >= 11 is 0. The molecular formula is C21H23N5O2. The van der Waals surface area contributed by atoms with Crippen molar-refractivity contribution in [1.29, 1.82) is 0 Å². The van der Waals surface area contributed by atoms with Gasteiger partial charge in [0, 0.05) is 57.6 Å². The standard InChI is InChI=1S/C21H23N5O2/c1-24-20(27)18-5-3-2-4-17(18)19(23-24)21(28)26-14-12-25(13-15-26)11-8-16-6-9-22-10-7-16/h2-7,9-10H,8,11-15H2,1H3. The first-order valence-electron chi connectivity index (χ1n) is 9.50. The van der Waals surface area contributed by atoms with E-state index in [0.717, 1.165) is 26.1 Å². The van der Waals surface area contributed by atoms with Crippen LogP contribution in [0.1, 0.15) is 16.1 Å². The molecule has 7 heteroatoms. The van der Waals surface area contributed by atoms with Crippen molar-refractivity contribution < 1.29 is 4.79 Å². The summed E-state index contributed by atoms with van der Waals surface area (Å²) in [6, 6.07) is 11.2. The Bertz CT molecular complexity index is 1040. The Labute approximate surface area is 163 Å². The Morgan fingerprint density at radius 1 is 1.00 bits per heavy atom. The highest BCUT2D eigenvalue weighted by Crippen LogP contribution is 2.16. The first-order valence-corrected chi connectivity index (χ1v) is 9.50. The molecular weight excluding hydrogens is 354 g/mol. The van der Waals surface area contributed by atoms with Crippen LogP contribution in [0.3, 0.4) is 0 Å². The van der Waals surface area contributed by atoms with E-state index < -0.39 is 0 Å². The highest BCUT2D eigenvalue weighted by molar-refractivity contribution is 6.04. The van der Waals surface area contributed by atoms with Gasteiger partial charge in [-0.3, -0.25) is 19.5 Å². The first-order chi connectivity index (χ1) is 13.6. The quantitative estimate of drug-likeness (QED) is 0.686. The number of carbonyl (C=O) groups excluding carboxylic acids is 1. The molecule has 144 valence electrons. The van der Waals surface area contributed by atoms with Gasteiger partial charge in [0.2, 0.25) is 0 Å². The number of rotatable bonds is 4. The SMILES string of the molecule is Cn1nc(C(=O)N2CCN(CCc3ccncc3)CC2)c2ccccc2c1=O. The highest BCUT2D eigenvalue weighted by atomic mass is 16.2. The number of hydrogen-bond acceptors (Lipinski definition) is 5. The number of benzene rings is 1. The molecule has 28 heavy (non-hydrogen) atoms. The second-order valence-electron chi connectivity index (χ2n) is 7.06. The number of carbonyl (C=O) groups is 1. The van der Waals surface area contributed by atoms with Crippen molar-refractivity contribution in [2.75, 3.05) is 32.7 Å². The van der Waals surface area contributed by atoms with E-state index in [1.54, 1.807) is 25.2 Å². The van der Waals surface area contributed by atoms with Crippen LogP contribution in [0, 0.1) is 0 Å². The topological polar surface area (TPSA) is 71.3 Å². The summed E-state index contributed by atoms with van der Waals surface area (Å²) in [4.78, 5) is 33.6. The molecule has 1 aliphatic heterocycles. The molecule has 0 N–H and O–H groups in total. The van der Waals surface area contributed by atoms with Crippen LogP contribution in [-0.4, -0.2) is 63.2 Å². The number of fused-ring (bicyclic) bond motifs is 1. The molecule has 3 aromatic rings. The third-order valence-electron chi connectivity index (χ3n) is 5.28. The van der Waals surface area contributed by atoms with Crippen LogP contribution in [0.5, 0.6) is 0 Å². The minimum absolute atomic E-state index is 0.111. The number of pyridine rings is 1. The van der Waals surface area contributed by atoms with Crippen molar-refractivity contribution in [2.45, 2.75) is 6.42 Å². The summed E-state index contributed by atoms with van der Waals surface area (Å²) in [6.45, 7) is 3.95. The zero-order chi connectivity index (χ0) is 19.5. The Morgan fingerprint density at radius 3 is 2.39 bits per heavy atom. The molecule has 0 unspecified atom stereocenters. The predicted molar refractivity (Wildman–Crippen MR) is 107 cm³/mol. The van der Waals surface area contributed by atoms with E-state index in [1.165, 1.54) is 10.2 Å². The van der Waals surface area contributed by atoms with Gasteiger partial charge in [-0.1, -0.05) is 18.2 Å². The largest absolute Gasteiger partial charge is 0.335 e. The minimum atomic E-state index is -0.187. The lowest BCUT2D eigenvalue weighted by Crippen LogP contribution is -2.49. The molecule has 0 aliphatic carbocycles. The van der Waals surface area contributed by atoms with Crippen molar-refractivity contribution in [3.8, 4) is 0 Å². The molecule has 0 bridgehead atoms. The smallest absolute Gasteiger partial charge is 0.275 e.